The van der Waals surface area contributed by atoms with Crippen LogP contribution in [-0.2, 0) is 0 Å². The molecule has 0 N–H and O–H groups in total. The highest BCUT2D eigenvalue weighted by Gasteiger charge is 2.26. The van der Waals surface area contributed by atoms with Crippen molar-refractivity contribution in [3.8, 4) is 0 Å². The van der Waals surface area contributed by atoms with Crippen LogP contribution in [0.15, 0.2) is 0 Å². The standard InChI is InChI=1S/C5H8N2OS.CH4/c1-6-3-4(9)7(2)5(6)8;/h3H2,1-2H3;1H4. The summed E-state index contributed by atoms with van der Waals surface area (Å²) in [5.74, 6) is 0. The van der Waals surface area contributed by atoms with E-state index in [0.29, 0.717) is 11.5 Å². The molecule has 1 rings (SSSR count). The minimum Gasteiger partial charge on any atom is -0.321 e. The predicted molar refractivity (Wildman–Crippen MR) is 45.1 cm³/mol. The zero-order valence-electron chi connectivity index (χ0n) is 5.42. The average molecular weight is 160 g/mol. The van der Waals surface area contributed by atoms with Crippen molar-refractivity contribution in [2.45, 2.75) is 7.43 Å². The molecule has 0 aliphatic carbocycles. The van der Waals surface area contributed by atoms with Gasteiger partial charge in [-0.15, -0.1) is 0 Å². The van der Waals surface area contributed by atoms with Crippen molar-refractivity contribution >= 4 is 23.2 Å². The molecule has 2 amide bonds. The number of likely N-dealkylation sites (N-methyl/N-ethyl adjacent to an activating group) is 2. The highest BCUT2D eigenvalue weighted by molar-refractivity contribution is 7.80. The van der Waals surface area contributed by atoms with Gasteiger partial charge < -0.3 is 4.90 Å². The van der Waals surface area contributed by atoms with Gasteiger partial charge in [0.2, 0.25) is 0 Å². The average Bonchev–Trinajstić information content (AvgIpc) is 1.98. The van der Waals surface area contributed by atoms with Crippen LogP contribution < -0.4 is 0 Å². The predicted octanol–water partition coefficient (Wildman–Crippen LogP) is 0.947. The first-order chi connectivity index (χ1) is 4.13. The highest BCUT2D eigenvalue weighted by atomic mass is 32.1. The van der Waals surface area contributed by atoms with Crippen LogP contribution in [0.25, 0.3) is 0 Å². The van der Waals surface area contributed by atoms with Gasteiger partial charge in [0.1, 0.15) is 4.99 Å². The molecule has 3 nitrogen and oxygen atoms in total. The first kappa shape index (κ1) is 9.36. The molecule has 0 aromatic carbocycles. The number of thiocarbonyl (C=S) groups is 1. The van der Waals surface area contributed by atoms with Gasteiger partial charge in [-0.1, -0.05) is 19.6 Å². The largest absolute Gasteiger partial charge is 0.324 e. The number of rotatable bonds is 0. The Kier molecular flexibility index (Phi) is 2.77. The van der Waals surface area contributed by atoms with Crippen molar-refractivity contribution in [1.82, 2.24) is 9.80 Å². The molecule has 1 aliphatic heterocycles. The van der Waals surface area contributed by atoms with E-state index in [2.05, 4.69) is 0 Å². The molecule has 0 bridgehead atoms. The zero-order chi connectivity index (χ0) is 7.02. The Bertz CT molecular complexity index is 169. The van der Waals surface area contributed by atoms with E-state index in [-0.39, 0.29) is 13.5 Å². The lowest BCUT2D eigenvalue weighted by molar-refractivity contribution is 0.209. The van der Waals surface area contributed by atoms with Gasteiger partial charge in [0.15, 0.2) is 0 Å². The summed E-state index contributed by atoms with van der Waals surface area (Å²) in [4.78, 5) is 14.6. The number of carbonyl (C=O) groups is 1. The quantitative estimate of drug-likeness (QED) is 0.492. The Hall–Kier alpha value is -0.640. The molecule has 58 valence electrons. The van der Waals surface area contributed by atoms with E-state index in [1.165, 1.54) is 4.90 Å². The van der Waals surface area contributed by atoms with Crippen molar-refractivity contribution in [2.75, 3.05) is 20.6 Å². The van der Waals surface area contributed by atoms with Crippen molar-refractivity contribution in [3.63, 3.8) is 0 Å². The molecule has 1 aliphatic rings. The van der Waals surface area contributed by atoms with Gasteiger partial charge >= 0.3 is 6.03 Å². The van der Waals surface area contributed by atoms with Crippen LogP contribution in [0.2, 0.25) is 0 Å². The monoisotopic (exact) mass is 160 g/mol. The number of hydrogen-bond donors (Lipinski definition) is 0. The summed E-state index contributed by atoms with van der Waals surface area (Å²) in [5, 5.41) is 0. The van der Waals surface area contributed by atoms with Crippen LogP contribution >= 0.6 is 12.2 Å². The molecule has 1 saturated heterocycles. The summed E-state index contributed by atoms with van der Waals surface area (Å²) in [6.45, 7) is 0.588. The van der Waals surface area contributed by atoms with Crippen LogP contribution in [0.5, 0.6) is 0 Å². The van der Waals surface area contributed by atoms with E-state index < -0.39 is 0 Å². The fraction of sp³-hybridized carbons (Fsp3) is 0.667. The van der Waals surface area contributed by atoms with Crippen LogP contribution in [0.1, 0.15) is 7.43 Å². The molecule has 1 heterocycles. The zero-order valence-corrected chi connectivity index (χ0v) is 6.23. The summed E-state index contributed by atoms with van der Waals surface area (Å²) < 4.78 is 0. The van der Waals surface area contributed by atoms with E-state index in [1.54, 1.807) is 19.0 Å². The summed E-state index contributed by atoms with van der Waals surface area (Å²) >= 11 is 4.86. The fourth-order valence-corrected chi connectivity index (χ4v) is 1.01. The van der Waals surface area contributed by atoms with Crippen LogP contribution in [-0.4, -0.2) is 41.5 Å². The smallest absolute Gasteiger partial charge is 0.321 e. The molecular weight excluding hydrogens is 148 g/mol. The minimum absolute atomic E-state index is 0. The number of carbonyl (C=O) groups excluding carboxylic acids is 1. The lowest BCUT2D eigenvalue weighted by Gasteiger charge is -2.06. The summed E-state index contributed by atoms with van der Waals surface area (Å²) in [6, 6.07) is -0.0139. The maximum absolute atomic E-state index is 10.9. The van der Waals surface area contributed by atoms with Gasteiger partial charge in [0, 0.05) is 14.1 Å². The van der Waals surface area contributed by atoms with Crippen molar-refractivity contribution in [1.29, 1.82) is 0 Å². The third kappa shape index (κ3) is 1.26. The molecule has 10 heavy (non-hydrogen) atoms. The molecule has 0 unspecified atom stereocenters. The van der Waals surface area contributed by atoms with Gasteiger partial charge in [-0.25, -0.2) is 4.79 Å². The lowest BCUT2D eigenvalue weighted by atomic mass is 10.6. The van der Waals surface area contributed by atoms with Crippen molar-refractivity contribution in [2.24, 2.45) is 0 Å². The van der Waals surface area contributed by atoms with E-state index in [1.807, 2.05) is 0 Å². The highest BCUT2D eigenvalue weighted by Crippen LogP contribution is 2.05. The molecule has 0 atom stereocenters. The molecule has 4 heteroatoms. The van der Waals surface area contributed by atoms with E-state index >= 15 is 0 Å². The third-order valence-corrected chi connectivity index (χ3v) is 1.76. The normalized spacial score (nSPS) is 17.8. The number of urea groups is 1. The first-order valence-electron chi connectivity index (χ1n) is 2.64. The van der Waals surface area contributed by atoms with Crippen molar-refractivity contribution in [3.05, 3.63) is 0 Å². The minimum atomic E-state index is -0.0139. The van der Waals surface area contributed by atoms with Gasteiger partial charge in [-0.2, -0.15) is 0 Å². The third-order valence-electron chi connectivity index (χ3n) is 1.36. The van der Waals surface area contributed by atoms with Crippen LogP contribution in [0, 0.1) is 0 Å². The second-order valence-corrected chi connectivity index (χ2v) is 2.56. The lowest BCUT2D eigenvalue weighted by Crippen LogP contribution is -2.26. The molecule has 1 fully saturated rings. The maximum Gasteiger partial charge on any atom is 0.324 e. The van der Waals surface area contributed by atoms with E-state index in [4.69, 9.17) is 12.2 Å². The SMILES string of the molecule is C.CN1CC(=S)N(C)C1=O. The Morgan fingerprint density at radius 3 is 2.10 bits per heavy atom. The summed E-state index contributed by atoms with van der Waals surface area (Å²) in [6.07, 6.45) is 0. The first-order valence-corrected chi connectivity index (χ1v) is 3.05. The maximum atomic E-state index is 10.9. The molecule has 0 aromatic rings. The molecule has 0 radical (unpaired) electrons. The number of hydrogen-bond acceptors (Lipinski definition) is 2. The van der Waals surface area contributed by atoms with Crippen molar-refractivity contribution < 1.29 is 4.79 Å². The second kappa shape index (κ2) is 2.96. The number of amides is 2. The topological polar surface area (TPSA) is 23.6 Å². The van der Waals surface area contributed by atoms with Crippen LogP contribution in [0.3, 0.4) is 0 Å². The van der Waals surface area contributed by atoms with Gasteiger partial charge in [0.05, 0.1) is 6.54 Å². The van der Waals surface area contributed by atoms with E-state index in [0.717, 1.165) is 0 Å². The van der Waals surface area contributed by atoms with Crippen LogP contribution in [0.4, 0.5) is 4.79 Å². The Balaban J connectivity index is 0.000000810. The Morgan fingerprint density at radius 1 is 1.50 bits per heavy atom. The van der Waals surface area contributed by atoms with Gasteiger partial charge in [0.25, 0.3) is 0 Å². The van der Waals surface area contributed by atoms with E-state index in [9.17, 15) is 4.79 Å². The molecule has 0 spiro atoms. The molecular formula is C6H12N2OS. The Labute approximate surface area is 66.6 Å². The second-order valence-electron chi connectivity index (χ2n) is 2.09. The summed E-state index contributed by atoms with van der Waals surface area (Å²) in [7, 11) is 3.42. The van der Waals surface area contributed by atoms with Gasteiger partial charge in [-0.3, -0.25) is 4.90 Å². The summed E-state index contributed by atoms with van der Waals surface area (Å²) in [5.41, 5.74) is 0. The molecule has 0 aromatic heterocycles. The number of nitrogens with zero attached hydrogens (tertiary/aromatic N) is 2. The Morgan fingerprint density at radius 2 is 2.00 bits per heavy atom. The fourth-order valence-electron chi connectivity index (χ4n) is 0.739. The van der Waals surface area contributed by atoms with Gasteiger partial charge in [-0.05, 0) is 0 Å². The molecule has 0 saturated carbocycles.